The van der Waals surface area contributed by atoms with Gasteiger partial charge in [-0.15, -0.1) is 0 Å². The molecule has 0 saturated carbocycles. The van der Waals surface area contributed by atoms with Crippen LogP contribution < -0.4 is 5.56 Å². The molecule has 1 unspecified atom stereocenters. The zero-order chi connectivity index (χ0) is 20.5. The highest BCUT2D eigenvalue weighted by Crippen LogP contribution is 2.21. The number of carbonyl (C=O) groups excluding carboxylic acids is 1. The zero-order valence-electron chi connectivity index (χ0n) is 18.0. The highest BCUT2D eigenvalue weighted by Gasteiger charge is 2.37. The summed E-state index contributed by atoms with van der Waals surface area (Å²) in [7, 11) is 0. The van der Waals surface area contributed by atoms with Gasteiger partial charge in [0.2, 0.25) is 5.91 Å². The van der Waals surface area contributed by atoms with Crippen LogP contribution in [0.1, 0.15) is 46.7 Å². The van der Waals surface area contributed by atoms with Crippen LogP contribution in [0.4, 0.5) is 0 Å². The number of aromatic nitrogens is 2. The summed E-state index contributed by atoms with van der Waals surface area (Å²) >= 11 is 0. The van der Waals surface area contributed by atoms with E-state index in [2.05, 4.69) is 49.5 Å². The minimum absolute atomic E-state index is 0.0445. The van der Waals surface area contributed by atoms with E-state index in [0.717, 1.165) is 51.4 Å². The number of nitrogens with zero attached hydrogens (tertiary/aromatic N) is 5. The lowest BCUT2D eigenvalue weighted by Crippen LogP contribution is -2.53. The molecule has 2 saturated heterocycles. The van der Waals surface area contributed by atoms with Crippen molar-refractivity contribution in [3.8, 4) is 0 Å². The van der Waals surface area contributed by atoms with Gasteiger partial charge in [-0.05, 0) is 26.3 Å². The fourth-order valence-corrected chi connectivity index (χ4v) is 4.08. The summed E-state index contributed by atoms with van der Waals surface area (Å²) in [6.07, 6.45) is 0.940. The fraction of sp³-hybridized carbons (Fsp3) is 0.762. The molecule has 156 valence electrons. The lowest BCUT2D eigenvalue weighted by molar-refractivity contribution is -0.134. The number of rotatable bonds is 5. The van der Waals surface area contributed by atoms with Crippen molar-refractivity contribution in [2.75, 3.05) is 39.3 Å². The molecule has 28 heavy (non-hydrogen) atoms. The van der Waals surface area contributed by atoms with E-state index in [9.17, 15) is 9.59 Å². The monoisotopic (exact) mass is 389 g/mol. The third-order valence-electron chi connectivity index (χ3n) is 5.95. The molecule has 7 heteroatoms. The van der Waals surface area contributed by atoms with E-state index in [0.29, 0.717) is 6.54 Å². The number of hydrogen-bond acceptors (Lipinski definition) is 5. The Morgan fingerprint density at radius 1 is 1.04 bits per heavy atom. The van der Waals surface area contributed by atoms with Crippen LogP contribution in [0.2, 0.25) is 0 Å². The van der Waals surface area contributed by atoms with Gasteiger partial charge in [-0.3, -0.25) is 19.4 Å². The van der Waals surface area contributed by atoms with Crippen molar-refractivity contribution in [3.63, 3.8) is 0 Å². The molecule has 1 aromatic rings. The number of piperazine rings is 1. The Bertz CT molecular complexity index is 744. The van der Waals surface area contributed by atoms with Crippen molar-refractivity contribution < 1.29 is 4.79 Å². The molecular formula is C21H35N5O2. The average Bonchev–Trinajstić information content (AvgIpc) is 3.02. The van der Waals surface area contributed by atoms with Crippen molar-refractivity contribution in [1.29, 1.82) is 0 Å². The molecule has 2 fully saturated rings. The second-order valence-electron chi connectivity index (χ2n) is 9.34. The second kappa shape index (κ2) is 8.33. The van der Waals surface area contributed by atoms with Gasteiger partial charge in [0.05, 0.1) is 18.3 Å². The Morgan fingerprint density at radius 3 is 2.29 bits per heavy atom. The summed E-state index contributed by atoms with van der Waals surface area (Å²) in [5.41, 5.74) is 0.821. The first-order valence-corrected chi connectivity index (χ1v) is 10.5. The first-order valence-electron chi connectivity index (χ1n) is 10.5. The first kappa shape index (κ1) is 21.0. The zero-order valence-corrected chi connectivity index (χ0v) is 18.0. The topological polar surface area (TPSA) is 61.7 Å². The molecule has 1 atom stereocenters. The molecule has 0 N–H and O–H groups in total. The second-order valence-corrected chi connectivity index (χ2v) is 9.34. The van der Waals surface area contributed by atoms with Crippen molar-refractivity contribution in [2.45, 2.75) is 65.1 Å². The summed E-state index contributed by atoms with van der Waals surface area (Å²) in [6.45, 7) is 16.5. The van der Waals surface area contributed by atoms with Crippen molar-refractivity contribution in [2.24, 2.45) is 0 Å². The molecule has 1 amide bonds. The molecule has 0 bridgehead atoms. The van der Waals surface area contributed by atoms with Crippen LogP contribution in [0.25, 0.3) is 0 Å². The lowest BCUT2D eigenvalue weighted by atomic mass is 9.92. The highest BCUT2D eigenvalue weighted by molar-refractivity contribution is 5.84. The van der Waals surface area contributed by atoms with Crippen LogP contribution >= 0.6 is 0 Å². The third kappa shape index (κ3) is 4.63. The van der Waals surface area contributed by atoms with Gasteiger partial charge >= 0.3 is 0 Å². The van der Waals surface area contributed by atoms with Crippen molar-refractivity contribution in [1.82, 2.24) is 24.5 Å². The standard InChI is InChI=1S/C21H35N5O2/c1-16(2)25-9-8-17(20(25)28)24-13-10-23(11-14-24)12-15-26-19(27)7-6-18(22-26)21(3,4)5/h6-7,16-17H,8-15H2,1-5H3. The summed E-state index contributed by atoms with van der Waals surface area (Å²) in [5, 5.41) is 4.56. The van der Waals surface area contributed by atoms with Gasteiger partial charge in [0.1, 0.15) is 0 Å². The largest absolute Gasteiger partial charge is 0.339 e. The van der Waals surface area contributed by atoms with Gasteiger partial charge in [-0.2, -0.15) is 5.10 Å². The van der Waals surface area contributed by atoms with Crippen LogP contribution in [0, 0.1) is 0 Å². The van der Waals surface area contributed by atoms with Crippen LogP contribution in [0.5, 0.6) is 0 Å². The molecule has 0 aromatic carbocycles. The summed E-state index contributed by atoms with van der Waals surface area (Å²) in [5.74, 6) is 0.290. The number of likely N-dealkylation sites (tertiary alicyclic amines) is 1. The molecular weight excluding hydrogens is 354 g/mol. The predicted molar refractivity (Wildman–Crippen MR) is 110 cm³/mol. The fourth-order valence-electron chi connectivity index (χ4n) is 4.08. The Hall–Kier alpha value is -1.73. The minimum Gasteiger partial charge on any atom is -0.339 e. The van der Waals surface area contributed by atoms with Crippen molar-refractivity contribution >= 4 is 5.91 Å². The Morgan fingerprint density at radius 2 is 1.71 bits per heavy atom. The third-order valence-corrected chi connectivity index (χ3v) is 5.95. The van der Waals surface area contributed by atoms with Gasteiger partial charge in [-0.1, -0.05) is 20.8 Å². The molecule has 0 spiro atoms. The van der Waals surface area contributed by atoms with Gasteiger partial charge in [-0.25, -0.2) is 4.68 Å². The Balaban J connectivity index is 1.52. The molecule has 3 rings (SSSR count). The summed E-state index contributed by atoms with van der Waals surface area (Å²) in [4.78, 5) is 31.5. The number of amides is 1. The van der Waals surface area contributed by atoms with Gasteiger partial charge in [0.25, 0.3) is 5.56 Å². The molecule has 2 aliphatic heterocycles. The van der Waals surface area contributed by atoms with E-state index in [4.69, 9.17) is 0 Å². The Kier molecular flexibility index (Phi) is 6.25. The highest BCUT2D eigenvalue weighted by atomic mass is 16.2. The maximum Gasteiger partial charge on any atom is 0.266 e. The number of carbonyl (C=O) groups is 1. The summed E-state index contributed by atoms with van der Waals surface area (Å²) in [6, 6.07) is 3.79. The van der Waals surface area contributed by atoms with Gasteiger partial charge < -0.3 is 4.90 Å². The molecule has 1 aromatic heterocycles. The summed E-state index contributed by atoms with van der Waals surface area (Å²) < 4.78 is 1.59. The first-order chi connectivity index (χ1) is 13.2. The van der Waals surface area contributed by atoms with Crippen LogP contribution in [0.3, 0.4) is 0 Å². The number of hydrogen-bond donors (Lipinski definition) is 0. The predicted octanol–water partition coefficient (Wildman–Crippen LogP) is 1.17. The van der Waals surface area contributed by atoms with Crippen LogP contribution in [0.15, 0.2) is 16.9 Å². The normalized spacial score (nSPS) is 22.4. The smallest absolute Gasteiger partial charge is 0.266 e. The molecule has 3 heterocycles. The maximum absolute atomic E-state index is 12.6. The molecule has 2 aliphatic rings. The van der Waals surface area contributed by atoms with E-state index >= 15 is 0 Å². The minimum atomic E-state index is -0.0707. The quantitative estimate of drug-likeness (QED) is 0.757. The Labute approximate surface area is 168 Å². The van der Waals surface area contributed by atoms with Gasteiger partial charge in [0.15, 0.2) is 0 Å². The van der Waals surface area contributed by atoms with E-state index < -0.39 is 0 Å². The van der Waals surface area contributed by atoms with Crippen LogP contribution in [-0.2, 0) is 16.8 Å². The van der Waals surface area contributed by atoms with E-state index in [1.165, 1.54) is 0 Å². The van der Waals surface area contributed by atoms with Gasteiger partial charge in [0, 0.05) is 56.8 Å². The maximum atomic E-state index is 12.6. The van der Waals surface area contributed by atoms with Crippen LogP contribution in [-0.4, -0.2) is 81.7 Å². The average molecular weight is 390 g/mol. The molecule has 7 nitrogen and oxygen atoms in total. The van der Waals surface area contributed by atoms with E-state index in [1.54, 1.807) is 10.7 Å². The molecule has 0 radical (unpaired) electrons. The SMILES string of the molecule is CC(C)N1CCC(N2CCN(CCn3nc(C(C)(C)C)ccc3=O)CC2)C1=O. The molecule has 0 aliphatic carbocycles. The van der Waals surface area contributed by atoms with Crippen molar-refractivity contribution in [3.05, 3.63) is 28.2 Å². The van der Waals surface area contributed by atoms with E-state index in [1.807, 2.05) is 11.0 Å². The lowest BCUT2D eigenvalue weighted by Gasteiger charge is -2.37. The van der Waals surface area contributed by atoms with E-state index in [-0.39, 0.29) is 29.0 Å².